The van der Waals surface area contributed by atoms with E-state index in [0.717, 1.165) is 0 Å². The molecule has 1 amide bonds. The molecular weight excluding hydrogens is 298 g/mol. The van der Waals surface area contributed by atoms with Gasteiger partial charge in [-0.25, -0.2) is 4.79 Å². The number of benzene rings is 2. The Labute approximate surface area is 133 Å². The minimum absolute atomic E-state index is 0.0369. The van der Waals surface area contributed by atoms with E-state index in [0.29, 0.717) is 11.4 Å². The van der Waals surface area contributed by atoms with Crippen LogP contribution < -0.4 is 10.1 Å². The first-order valence-electron chi connectivity index (χ1n) is 6.95. The molecular formula is C17H17NO5. The number of phenolic OH excluding ortho intramolecular Hbond substituents is 1. The number of hydrogen-bond acceptors (Lipinski definition) is 5. The van der Waals surface area contributed by atoms with Gasteiger partial charge in [-0.3, -0.25) is 4.79 Å². The molecule has 0 saturated carbocycles. The predicted octanol–water partition coefficient (Wildman–Crippen LogP) is 2.58. The summed E-state index contributed by atoms with van der Waals surface area (Å²) in [6.45, 7) is 1.46. The average Bonchev–Trinajstić information content (AvgIpc) is 2.55. The summed E-state index contributed by atoms with van der Waals surface area (Å²) in [7, 11) is 1.45. The zero-order valence-electron chi connectivity index (χ0n) is 12.8. The van der Waals surface area contributed by atoms with Crippen molar-refractivity contribution in [1.29, 1.82) is 0 Å². The first kappa shape index (κ1) is 16.4. The minimum Gasteiger partial charge on any atom is -0.507 e. The van der Waals surface area contributed by atoms with Crippen molar-refractivity contribution in [2.45, 2.75) is 13.0 Å². The molecule has 0 saturated heterocycles. The van der Waals surface area contributed by atoms with Gasteiger partial charge < -0.3 is 19.9 Å². The van der Waals surface area contributed by atoms with Crippen molar-refractivity contribution in [3.05, 3.63) is 54.1 Å². The lowest BCUT2D eigenvalue weighted by Gasteiger charge is -2.14. The number of ether oxygens (including phenoxy) is 2. The molecule has 0 aliphatic rings. The van der Waals surface area contributed by atoms with Crippen LogP contribution >= 0.6 is 0 Å². The third-order valence-corrected chi connectivity index (χ3v) is 3.12. The molecule has 0 aliphatic carbocycles. The van der Waals surface area contributed by atoms with Crippen LogP contribution in [0.25, 0.3) is 0 Å². The van der Waals surface area contributed by atoms with E-state index in [1.807, 2.05) is 6.07 Å². The molecule has 0 fully saturated rings. The number of phenols is 1. The Balaban J connectivity index is 2.00. The molecule has 2 rings (SSSR count). The summed E-state index contributed by atoms with van der Waals surface area (Å²) in [5, 5.41) is 12.4. The van der Waals surface area contributed by atoms with E-state index in [4.69, 9.17) is 9.47 Å². The highest BCUT2D eigenvalue weighted by atomic mass is 16.5. The second-order valence-corrected chi connectivity index (χ2v) is 4.79. The van der Waals surface area contributed by atoms with Crippen LogP contribution in [0.1, 0.15) is 17.3 Å². The fraction of sp³-hybridized carbons (Fsp3) is 0.176. The molecule has 0 radical (unpaired) electrons. The van der Waals surface area contributed by atoms with E-state index in [1.165, 1.54) is 32.2 Å². The summed E-state index contributed by atoms with van der Waals surface area (Å²) in [4.78, 5) is 24.0. The monoisotopic (exact) mass is 315 g/mol. The molecule has 2 aromatic carbocycles. The summed E-state index contributed by atoms with van der Waals surface area (Å²) in [5.74, 6) is -1.11. The maximum absolute atomic E-state index is 12.0. The Morgan fingerprint density at radius 3 is 2.43 bits per heavy atom. The molecule has 2 N–H and O–H groups in total. The highest BCUT2D eigenvalue weighted by Crippen LogP contribution is 2.24. The van der Waals surface area contributed by atoms with Crippen molar-refractivity contribution in [3.8, 4) is 11.5 Å². The predicted molar refractivity (Wildman–Crippen MR) is 84.6 cm³/mol. The van der Waals surface area contributed by atoms with Crippen molar-refractivity contribution in [1.82, 2.24) is 0 Å². The van der Waals surface area contributed by atoms with Gasteiger partial charge in [-0.2, -0.15) is 0 Å². The molecule has 23 heavy (non-hydrogen) atoms. The topological polar surface area (TPSA) is 84.9 Å². The molecule has 0 aromatic heterocycles. The smallest absolute Gasteiger partial charge is 0.342 e. The van der Waals surface area contributed by atoms with E-state index >= 15 is 0 Å². The molecule has 120 valence electrons. The lowest BCUT2D eigenvalue weighted by atomic mass is 10.2. The van der Waals surface area contributed by atoms with E-state index in [-0.39, 0.29) is 11.3 Å². The van der Waals surface area contributed by atoms with Crippen LogP contribution in [0, 0.1) is 0 Å². The van der Waals surface area contributed by atoms with E-state index in [2.05, 4.69) is 5.32 Å². The molecule has 2 aromatic rings. The zero-order chi connectivity index (χ0) is 16.8. The number of rotatable bonds is 5. The maximum Gasteiger partial charge on any atom is 0.342 e. The van der Waals surface area contributed by atoms with Gasteiger partial charge in [0.25, 0.3) is 5.91 Å². The first-order valence-corrected chi connectivity index (χ1v) is 6.95. The van der Waals surface area contributed by atoms with Gasteiger partial charge >= 0.3 is 5.97 Å². The fourth-order valence-electron chi connectivity index (χ4n) is 1.85. The molecule has 0 bridgehead atoms. The Morgan fingerprint density at radius 2 is 1.83 bits per heavy atom. The number of esters is 1. The van der Waals surface area contributed by atoms with Crippen molar-refractivity contribution in [2.75, 3.05) is 12.4 Å². The van der Waals surface area contributed by atoms with Gasteiger partial charge in [-0.15, -0.1) is 0 Å². The van der Waals surface area contributed by atoms with E-state index < -0.39 is 18.0 Å². The van der Waals surface area contributed by atoms with E-state index in [1.54, 1.807) is 24.3 Å². The van der Waals surface area contributed by atoms with Crippen LogP contribution in [0.2, 0.25) is 0 Å². The van der Waals surface area contributed by atoms with Crippen molar-refractivity contribution in [3.63, 3.8) is 0 Å². The summed E-state index contributed by atoms with van der Waals surface area (Å²) in [6.07, 6.45) is -1.01. The summed E-state index contributed by atoms with van der Waals surface area (Å²) in [5.41, 5.74) is 0.567. The summed E-state index contributed by atoms with van der Waals surface area (Å²) in [6, 6.07) is 13.0. The largest absolute Gasteiger partial charge is 0.507 e. The third-order valence-electron chi connectivity index (χ3n) is 3.12. The first-order chi connectivity index (χ1) is 11.0. The quantitative estimate of drug-likeness (QED) is 0.828. The number of amides is 1. The molecule has 6 nitrogen and oxygen atoms in total. The van der Waals surface area contributed by atoms with Gasteiger partial charge in [0.2, 0.25) is 0 Å². The third kappa shape index (κ3) is 4.23. The fourth-order valence-corrected chi connectivity index (χ4v) is 1.85. The van der Waals surface area contributed by atoms with Gasteiger partial charge in [0.1, 0.15) is 17.1 Å². The van der Waals surface area contributed by atoms with Gasteiger partial charge in [-0.05, 0) is 31.2 Å². The molecule has 0 aliphatic heterocycles. The molecule has 1 atom stereocenters. The normalized spacial score (nSPS) is 11.4. The van der Waals surface area contributed by atoms with Crippen LogP contribution in [0.4, 0.5) is 5.69 Å². The summed E-state index contributed by atoms with van der Waals surface area (Å²) >= 11 is 0. The van der Waals surface area contributed by atoms with E-state index in [9.17, 15) is 14.7 Å². The standard InChI is InChI=1S/C17H17NO5/c1-11(16(20)18-12-6-4-3-5-7-12)23-17(21)14-9-8-13(22-2)10-15(14)19/h3-11,19H,1-2H3,(H,18,20)/t11-/m1/s1. The van der Waals surface area contributed by atoms with Crippen molar-refractivity contribution >= 4 is 17.6 Å². The number of anilines is 1. The molecule has 0 unspecified atom stereocenters. The number of para-hydroxylation sites is 1. The minimum atomic E-state index is -1.01. The summed E-state index contributed by atoms with van der Waals surface area (Å²) < 4.78 is 10.0. The number of nitrogens with one attached hydrogen (secondary N) is 1. The number of methoxy groups -OCH3 is 1. The lowest BCUT2D eigenvalue weighted by Crippen LogP contribution is -2.30. The average molecular weight is 315 g/mol. The Morgan fingerprint density at radius 1 is 1.13 bits per heavy atom. The lowest BCUT2D eigenvalue weighted by molar-refractivity contribution is -0.123. The number of aromatic hydroxyl groups is 1. The second kappa shape index (κ2) is 7.31. The molecule has 0 spiro atoms. The number of carbonyl (C=O) groups excluding carboxylic acids is 2. The second-order valence-electron chi connectivity index (χ2n) is 4.79. The van der Waals surface area contributed by atoms with Gasteiger partial charge in [0.15, 0.2) is 6.10 Å². The van der Waals surface area contributed by atoms with Crippen LogP contribution in [-0.2, 0) is 9.53 Å². The van der Waals surface area contributed by atoms with Crippen LogP contribution in [0.15, 0.2) is 48.5 Å². The maximum atomic E-state index is 12.0. The Bertz CT molecular complexity index is 699. The number of hydrogen-bond donors (Lipinski definition) is 2. The van der Waals surface area contributed by atoms with Gasteiger partial charge in [-0.1, -0.05) is 18.2 Å². The Hall–Kier alpha value is -3.02. The molecule has 6 heteroatoms. The highest BCUT2D eigenvalue weighted by molar-refractivity contribution is 5.98. The highest BCUT2D eigenvalue weighted by Gasteiger charge is 2.21. The molecule has 0 heterocycles. The van der Waals surface area contributed by atoms with Crippen molar-refractivity contribution in [2.24, 2.45) is 0 Å². The van der Waals surface area contributed by atoms with Crippen molar-refractivity contribution < 1.29 is 24.2 Å². The Kier molecular flexibility index (Phi) is 5.19. The van der Waals surface area contributed by atoms with Crippen LogP contribution in [0.3, 0.4) is 0 Å². The van der Waals surface area contributed by atoms with Crippen LogP contribution in [0.5, 0.6) is 11.5 Å². The van der Waals surface area contributed by atoms with Gasteiger partial charge in [0, 0.05) is 11.8 Å². The SMILES string of the molecule is COc1ccc(C(=O)O[C@H](C)C(=O)Nc2ccccc2)c(O)c1. The zero-order valence-corrected chi connectivity index (χ0v) is 12.8. The number of carbonyl (C=O) groups is 2. The van der Waals surface area contributed by atoms with Gasteiger partial charge in [0.05, 0.1) is 7.11 Å². The van der Waals surface area contributed by atoms with Crippen LogP contribution in [-0.4, -0.2) is 30.2 Å².